The van der Waals surface area contributed by atoms with Crippen molar-refractivity contribution in [2.24, 2.45) is 34.5 Å². The highest BCUT2D eigenvalue weighted by Crippen LogP contribution is 2.66. The van der Waals surface area contributed by atoms with E-state index in [9.17, 15) is 9.90 Å². The zero-order valence-electron chi connectivity index (χ0n) is 18.0. The van der Waals surface area contributed by atoms with E-state index in [1.165, 1.54) is 38.5 Å². The van der Waals surface area contributed by atoms with E-state index < -0.39 is 0 Å². The third-order valence-electron chi connectivity index (χ3n) is 9.81. The van der Waals surface area contributed by atoms with Gasteiger partial charge in [-0.05, 0) is 99.0 Å². The van der Waals surface area contributed by atoms with Crippen LogP contribution in [0.4, 0.5) is 0 Å². The van der Waals surface area contributed by atoms with Gasteiger partial charge in [-0.25, -0.2) is 4.79 Å². The number of fused-ring (bicyclic) bond motifs is 5. The molecule has 0 saturated heterocycles. The SMILES string of the molecule is C[C@]12CCC3C(CC[C@H]4C[C@@H](O)CC[C@]34C)C1CC[C@@H]2OC(=O)c1ccccc1. The van der Waals surface area contributed by atoms with Crippen LogP contribution in [0.2, 0.25) is 0 Å². The Labute approximate surface area is 175 Å². The Kier molecular flexibility index (Phi) is 4.81. The van der Waals surface area contributed by atoms with Crippen LogP contribution < -0.4 is 0 Å². The Bertz CT molecular complexity index is 760. The minimum atomic E-state index is -0.156. The fraction of sp³-hybridized carbons (Fsp3) is 0.731. The minimum absolute atomic E-state index is 0.0554. The summed E-state index contributed by atoms with van der Waals surface area (Å²) in [6.07, 6.45) is 10.4. The van der Waals surface area contributed by atoms with Crippen LogP contribution in [0, 0.1) is 34.5 Å². The van der Waals surface area contributed by atoms with Crippen molar-refractivity contribution < 1.29 is 14.6 Å². The van der Waals surface area contributed by atoms with Crippen molar-refractivity contribution in [2.75, 3.05) is 0 Å². The molecule has 0 heterocycles. The third kappa shape index (κ3) is 3.07. The Morgan fingerprint density at radius 3 is 2.45 bits per heavy atom. The number of rotatable bonds is 2. The molecule has 0 aliphatic heterocycles. The molecule has 4 aliphatic rings. The largest absolute Gasteiger partial charge is 0.458 e. The van der Waals surface area contributed by atoms with Crippen molar-refractivity contribution in [3.63, 3.8) is 0 Å². The fourth-order valence-corrected chi connectivity index (χ4v) is 8.15. The first-order valence-corrected chi connectivity index (χ1v) is 11.9. The third-order valence-corrected chi connectivity index (χ3v) is 9.81. The Morgan fingerprint density at radius 1 is 0.931 bits per heavy atom. The predicted octanol–water partition coefficient (Wildman–Crippen LogP) is 5.62. The summed E-state index contributed by atoms with van der Waals surface area (Å²) in [6.45, 7) is 4.94. The average Bonchev–Trinajstić information content (AvgIpc) is 3.05. The number of aliphatic hydroxyl groups is 1. The Morgan fingerprint density at radius 2 is 1.66 bits per heavy atom. The smallest absolute Gasteiger partial charge is 0.338 e. The van der Waals surface area contributed by atoms with E-state index in [0.29, 0.717) is 22.8 Å². The maximum atomic E-state index is 12.7. The number of hydrogen-bond donors (Lipinski definition) is 1. The summed E-state index contributed by atoms with van der Waals surface area (Å²) < 4.78 is 6.12. The summed E-state index contributed by atoms with van der Waals surface area (Å²) in [7, 11) is 0. The summed E-state index contributed by atoms with van der Waals surface area (Å²) in [6, 6.07) is 9.45. The predicted molar refractivity (Wildman–Crippen MR) is 113 cm³/mol. The lowest BCUT2D eigenvalue weighted by molar-refractivity contribution is -0.134. The highest BCUT2D eigenvalue weighted by molar-refractivity contribution is 5.89. The number of aliphatic hydroxyl groups excluding tert-OH is 1. The summed E-state index contributed by atoms with van der Waals surface area (Å²) >= 11 is 0. The van der Waals surface area contributed by atoms with Gasteiger partial charge in [0.1, 0.15) is 6.10 Å². The van der Waals surface area contributed by atoms with Crippen LogP contribution >= 0.6 is 0 Å². The van der Waals surface area contributed by atoms with Crippen LogP contribution in [0.1, 0.15) is 82.0 Å². The summed E-state index contributed by atoms with van der Waals surface area (Å²) in [5.41, 5.74) is 1.20. The zero-order chi connectivity index (χ0) is 20.2. The lowest BCUT2D eigenvalue weighted by Gasteiger charge is -2.60. The molecule has 8 atom stereocenters. The maximum absolute atomic E-state index is 12.7. The lowest BCUT2D eigenvalue weighted by Crippen LogP contribution is -2.54. The van der Waals surface area contributed by atoms with Gasteiger partial charge in [-0.3, -0.25) is 0 Å². The Balaban J connectivity index is 1.34. The van der Waals surface area contributed by atoms with E-state index >= 15 is 0 Å². The van der Waals surface area contributed by atoms with Crippen molar-refractivity contribution >= 4 is 5.97 Å². The molecule has 4 aliphatic carbocycles. The second-order valence-electron chi connectivity index (χ2n) is 11.0. The first kappa shape index (κ1) is 19.6. The van der Waals surface area contributed by atoms with Gasteiger partial charge in [0, 0.05) is 5.41 Å². The highest BCUT2D eigenvalue weighted by Gasteiger charge is 2.61. The molecule has 5 rings (SSSR count). The van der Waals surface area contributed by atoms with Gasteiger partial charge in [0.05, 0.1) is 11.7 Å². The molecule has 0 bridgehead atoms. The molecule has 0 radical (unpaired) electrons. The quantitative estimate of drug-likeness (QED) is 0.660. The molecule has 4 fully saturated rings. The second-order valence-corrected chi connectivity index (χ2v) is 11.0. The van der Waals surface area contributed by atoms with E-state index in [1.54, 1.807) is 0 Å². The second kappa shape index (κ2) is 7.11. The number of esters is 1. The zero-order valence-corrected chi connectivity index (χ0v) is 18.0. The van der Waals surface area contributed by atoms with Crippen molar-refractivity contribution in [3.8, 4) is 0 Å². The summed E-state index contributed by atoms with van der Waals surface area (Å²) in [5, 5.41) is 10.2. The molecule has 0 aromatic heterocycles. The van der Waals surface area contributed by atoms with Gasteiger partial charge in [0.2, 0.25) is 0 Å². The van der Waals surface area contributed by atoms with Crippen molar-refractivity contribution in [1.82, 2.24) is 0 Å². The number of benzene rings is 1. The van der Waals surface area contributed by atoms with Crippen LogP contribution in [0.3, 0.4) is 0 Å². The molecule has 158 valence electrons. The van der Waals surface area contributed by atoms with Crippen LogP contribution in [0.25, 0.3) is 0 Å². The Hall–Kier alpha value is -1.35. The molecule has 0 amide bonds. The van der Waals surface area contributed by atoms with Gasteiger partial charge in [-0.15, -0.1) is 0 Å². The molecular weight excluding hydrogens is 360 g/mol. The first-order valence-electron chi connectivity index (χ1n) is 11.9. The van der Waals surface area contributed by atoms with Crippen LogP contribution in [-0.4, -0.2) is 23.3 Å². The molecule has 4 saturated carbocycles. The van der Waals surface area contributed by atoms with E-state index in [0.717, 1.165) is 31.1 Å². The van der Waals surface area contributed by atoms with Crippen LogP contribution in [0.15, 0.2) is 30.3 Å². The number of carbonyl (C=O) groups excluding carboxylic acids is 1. The van der Waals surface area contributed by atoms with Gasteiger partial charge >= 0.3 is 5.97 Å². The van der Waals surface area contributed by atoms with Crippen molar-refractivity contribution in [1.29, 1.82) is 0 Å². The molecule has 1 aromatic carbocycles. The van der Waals surface area contributed by atoms with Gasteiger partial charge in [-0.1, -0.05) is 32.0 Å². The van der Waals surface area contributed by atoms with Crippen molar-refractivity contribution in [2.45, 2.75) is 83.8 Å². The molecular formula is C26H36O3. The van der Waals surface area contributed by atoms with Crippen molar-refractivity contribution in [3.05, 3.63) is 35.9 Å². The molecule has 29 heavy (non-hydrogen) atoms. The van der Waals surface area contributed by atoms with Crippen LogP contribution in [0.5, 0.6) is 0 Å². The van der Waals surface area contributed by atoms with Gasteiger partial charge in [-0.2, -0.15) is 0 Å². The van der Waals surface area contributed by atoms with E-state index in [2.05, 4.69) is 13.8 Å². The monoisotopic (exact) mass is 396 g/mol. The standard InChI is InChI=1S/C26H36O3/c1-25-14-12-19(27)16-18(25)8-9-20-21-10-11-23(26(21,2)15-13-22(20)25)29-24(28)17-6-4-3-5-7-17/h3-7,18-23,27H,8-16H2,1-2H3/t18-,19-,20?,21?,22?,23-,25-,26-/m0/s1. The van der Waals surface area contributed by atoms with Gasteiger partial charge in [0.25, 0.3) is 0 Å². The lowest BCUT2D eigenvalue weighted by atomic mass is 9.45. The molecule has 0 spiro atoms. The van der Waals surface area contributed by atoms with Crippen LogP contribution in [-0.2, 0) is 4.74 Å². The van der Waals surface area contributed by atoms with E-state index in [-0.39, 0.29) is 23.6 Å². The molecule has 3 nitrogen and oxygen atoms in total. The summed E-state index contributed by atoms with van der Waals surface area (Å²) in [4.78, 5) is 12.7. The molecule has 3 heteroatoms. The fourth-order valence-electron chi connectivity index (χ4n) is 8.15. The average molecular weight is 397 g/mol. The van der Waals surface area contributed by atoms with E-state index in [4.69, 9.17) is 4.74 Å². The van der Waals surface area contributed by atoms with E-state index in [1.807, 2.05) is 30.3 Å². The first-order chi connectivity index (χ1) is 13.9. The minimum Gasteiger partial charge on any atom is -0.458 e. The molecule has 3 unspecified atom stereocenters. The molecule has 1 aromatic rings. The highest BCUT2D eigenvalue weighted by atomic mass is 16.5. The summed E-state index contributed by atoms with van der Waals surface area (Å²) in [5.74, 6) is 2.78. The van der Waals surface area contributed by atoms with Gasteiger partial charge < -0.3 is 9.84 Å². The topological polar surface area (TPSA) is 46.5 Å². The number of ether oxygens (including phenoxy) is 1. The maximum Gasteiger partial charge on any atom is 0.338 e. The van der Waals surface area contributed by atoms with Gasteiger partial charge in [0.15, 0.2) is 0 Å². The number of hydrogen-bond acceptors (Lipinski definition) is 3. The normalized spacial score (nSPS) is 46.3. The number of carbonyl (C=O) groups is 1. The molecule has 1 N–H and O–H groups in total.